The number of aromatic nitrogens is 2. The van der Waals surface area contributed by atoms with E-state index in [1.165, 1.54) is 38.5 Å². The van der Waals surface area contributed by atoms with E-state index in [0.717, 1.165) is 6.54 Å². The minimum absolute atomic E-state index is 0. The van der Waals surface area contributed by atoms with Crippen LogP contribution in [-0.4, -0.2) is 28.3 Å². The molecular formula is C13H24IN5. The number of hydrogen-bond acceptors (Lipinski definition) is 2. The average Bonchev–Trinajstić information content (AvgIpc) is 2.74. The van der Waals surface area contributed by atoms with Crippen molar-refractivity contribution in [3.63, 3.8) is 0 Å². The molecule has 5 nitrogen and oxygen atoms in total. The van der Waals surface area contributed by atoms with Gasteiger partial charge in [0.25, 0.3) is 0 Å². The molecule has 1 aliphatic carbocycles. The van der Waals surface area contributed by atoms with E-state index < -0.39 is 0 Å². The highest BCUT2D eigenvalue weighted by Gasteiger charge is 2.11. The van der Waals surface area contributed by atoms with Gasteiger partial charge in [0.05, 0.1) is 13.1 Å². The van der Waals surface area contributed by atoms with Gasteiger partial charge in [-0.1, -0.05) is 25.7 Å². The smallest absolute Gasteiger partial charge is 0.188 e. The highest BCUT2D eigenvalue weighted by molar-refractivity contribution is 14.0. The summed E-state index contributed by atoms with van der Waals surface area (Å²) in [6.45, 7) is 1.45. The Bertz CT molecular complexity index is 355. The van der Waals surface area contributed by atoms with Crippen LogP contribution < -0.4 is 11.1 Å². The van der Waals surface area contributed by atoms with Gasteiger partial charge in [-0.15, -0.1) is 24.0 Å². The van der Waals surface area contributed by atoms with Gasteiger partial charge >= 0.3 is 0 Å². The van der Waals surface area contributed by atoms with Crippen molar-refractivity contribution >= 4 is 29.9 Å². The maximum atomic E-state index is 5.90. The molecule has 108 valence electrons. The number of nitrogens with one attached hydrogen (secondary N) is 1. The number of nitrogens with two attached hydrogens (primary N) is 1. The average molecular weight is 377 g/mol. The summed E-state index contributed by atoms with van der Waals surface area (Å²) in [5, 5.41) is 7.46. The van der Waals surface area contributed by atoms with Crippen LogP contribution in [0, 0.1) is 0 Å². The van der Waals surface area contributed by atoms with E-state index in [-0.39, 0.29) is 24.0 Å². The molecule has 0 radical (unpaired) electrons. The van der Waals surface area contributed by atoms with Crippen LogP contribution in [0.2, 0.25) is 0 Å². The molecule has 1 aromatic heterocycles. The minimum atomic E-state index is 0. The van der Waals surface area contributed by atoms with Gasteiger partial charge in [0, 0.05) is 18.4 Å². The number of halogens is 1. The molecule has 0 atom stereocenters. The first-order chi connectivity index (χ1) is 8.84. The molecule has 6 heteroatoms. The maximum Gasteiger partial charge on any atom is 0.188 e. The highest BCUT2D eigenvalue weighted by atomic mass is 127. The van der Waals surface area contributed by atoms with E-state index in [4.69, 9.17) is 5.73 Å². The molecule has 0 aliphatic heterocycles. The summed E-state index contributed by atoms with van der Waals surface area (Å²) in [5.41, 5.74) is 5.90. The van der Waals surface area contributed by atoms with Gasteiger partial charge in [0.15, 0.2) is 5.96 Å². The molecule has 0 saturated heterocycles. The van der Waals surface area contributed by atoms with Crippen molar-refractivity contribution in [1.82, 2.24) is 15.1 Å². The molecule has 1 heterocycles. The second kappa shape index (κ2) is 9.17. The van der Waals surface area contributed by atoms with Gasteiger partial charge in [0.1, 0.15) is 0 Å². The van der Waals surface area contributed by atoms with E-state index in [9.17, 15) is 0 Å². The first-order valence-electron chi connectivity index (χ1n) is 6.88. The molecule has 0 spiro atoms. The molecule has 1 aromatic rings. The van der Waals surface area contributed by atoms with Crippen LogP contribution in [0.4, 0.5) is 0 Å². The molecule has 1 aliphatic rings. The Morgan fingerprint density at radius 2 is 2.05 bits per heavy atom. The zero-order valence-corrected chi connectivity index (χ0v) is 13.6. The van der Waals surface area contributed by atoms with Crippen LogP contribution in [0.3, 0.4) is 0 Å². The van der Waals surface area contributed by atoms with Gasteiger partial charge in [0.2, 0.25) is 0 Å². The van der Waals surface area contributed by atoms with E-state index in [1.54, 1.807) is 6.20 Å². The fourth-order valence-electron chi connectivity index (χ4n) is 2.38. The summed E-state index contributed by atoms with van der Waals surface area (Å²) in [5.74, 6) is 0.578. The van der Waals surface area contributed by atoms with Gasteiger partial charge in [-0.3, -0.25) is 9.67 Å². The van der Waals surface area contributed by atoms with Gasteiger partial charge in [-0.2, -0.15) is 5.10 Å². The minimum Gasteiger partial charge on any atom is -0.370 e. The predicted molar refractivity (Wildman–Crippen MR) is 88.8 cm³/mol. The van der Waals surface area contributed by atoms with Crippen molar-refractivity contribution in [3.05, 3.63) is 18.5 Å². The lowest BCUT2D eigenvalue weighted by Gasteiger charge is -2.16. The molecule has 1 fully saturated rings. The van der Waals surface area contributed by atoms with Crippen LogP contribution in [0.25, 0.3) is 0 Å². The lowest BCUT2D eigenvalue weighted by Crippen LogP contribution is -2.40. The normalized spacial score (nSPS) is 17.6. The third-order valence-electron chi connectivity index (χ3n) is 3.38. The summed E-state index contributed by atoms with van der Waals surface area (Å²) in [7, 11) is 0. The van der Waals surface area contributed by atoms with Crippen LogP contribution >= 0.6 is 24.0 Å². The van der Waals surface area contributed by atoms with Crippen LogP contribution in [0.15, 0.2) is 23.5 Å². The SMILES string of the molecule is I.NC(=NCCn1cccn1)NC1CCCCCC1. The maximum absolute atomic E-state index is 5.90. The van der Waals surface area contributed by atoms with E-state index >= 15 is 0 Å². The quantitative estimate of drug-likeness (QED) is 0.366. The molecular weight excluding hydrogens is 353 g/mol. The lowest BCUT2D eigenvalue weighted by atomic mass is 10.1. The van der Waals surface area contributed by atoms with Crippen molar-refractivity contribution in [3.8, 4) is 0 Å². The lowest BCUT2D eigenvalue weighted by molar-refractivity contribution is 0.529. The van der Waals surface area contributed by atoms with Gasteiger partial charge in [-0.05, 0) is 18.9 Å². The Morgan fingerprint density at radius 1 is 1.32 bits per heavy atom. The van der Waals surface area contributed by atoms with Crippen molar-refractivity contribution in [2.45, 2.75) is 51.1 Å². The van der Waals surface area contributed by atoms with Crippen LogP contribution in [0.1, 0.15) is 38.5 Å². The Labute approximate surface area is 132 Å². The zero-order valence-electron chi connectivity index (χ0n) is 11.3. The fourth-order valence-corrected chi connectivity index (χ4v) is 2.38. The van der Waals surface area contributed by atoms with E-state index in [1.807, 2.05) is 16.9 Å². The number of guanidine groups is 1. The Balaban J connectivity index is 0.00000180. The van der Waals surface area contributed by atoms with Crippen LogP contribution in [-0.2, 0) is 6.54 Å². The standard InChI is InChI=1S/C13H23N5.HI/c14-13(15-9-11-18-10-5-8-16-18)17-12-6-3-1-2-4-7-12;/h5,8,10,12H,1-4,6-7,9,11H2,(H3,14,15,17);1H. The van der Waals surface area contributed by atoms with E-state index in [0.29, 0.717) is 18.5 Å². The number of nitrogens with zero attached hydrogens (tertiary/aromatic N) is 3. The summed E-state index contributed by atoms with van der Waals surface area (Å²) in [6.07, 6.45) is 11.5. The zero-order chi connectivity index (χ0) is 12.6. The Kier molecular flexibility index (Phi) is 7.85. The fraction of sp³-hybridized carbons (Fsp3) is 0.692. The molecule has 0 aromatic carbocycles. The Hall–Kier alpha value is -0.790. The summed E-state index contributed by atoms with van der Waals surface area (Å²) in [4.78, 5) is 4.35. The first-order valence-corrected chi connectivity index (χ1v) is 6.88. The van der Waals surface area contributed by atoms with Gasteiger partial charge in [-0.25, -0.2) is 0 Å². The Morgan fingerprint density at radius 3 is 2.68 bits per heavy atom. The summed E-state index contributed by atoms with van der Waals surface area (Å²) >= 11 is 0. The molecule has 3 N–H and O–H groups in total. The summed E-state index contributed by atoms with van der Waals surface area (Å²) in [6, 6.07) is 2.43. The number of rotatable bonds is 4. The molecule has 0 unspecified atom stereocenters. The predicted octanol–water partition coefficient (Wildman–Crippen LogP) is 2.13. The molecule has 19 heavy (non-hydrogen) atoms. The second-order valence-electron chi connectivity index (χ2n) is 4.87. The monoisotopic (exact) mass is 377 g/mol. The first kappa shape index (κ1) is 16.3. The second-order valence-corrected chi connectivity index (χ2v) is 4.87. The molecule has 2 rings (SSSR count). The van der Waals surface area contributed by atoms with E-state index in [2.05, 4.69) is 15.4 Å². The molecule has 1 saturated carbocycles. The molecule has 0 amide bonds. The number of aliphatic imine (C=N–C) groups is 1. The third kappa shape index (κ3) is 6.26. The van der Waals surface area contributed by atoms with Crippen molar-refractivity contribution in [2.24, 2.45) is 10.7 Å². The van der Waals surface area contributed by atoms with Crippen molar-refractivity contribution < 1.29 is 0 Å². The highest BCUT2D eigenvalue weighted by Crippen LogP contribution is 2.16. The number of hydrogen-bond donors (Lipinski definition) is 2. The third-order valence-corrected chi connectivity index (χ3v) is 3.38. The largest absolute Gasteiger partial charge is 0.370 e. The van der Waals surface area contributed by atoms with Gasteiger partial charge < -0.3 is 11.1 Å². The van der Waals surface area contributed by atoms with Crippen LogP contribution in [0.5, 0.6) is 0 Å². The summed E-state index contributed by atoms with van der Waals surface area (Å²) < 4.78 is 1.86. The van der Waals surface area contributed by atoms with Crippen molar-refractivity contribution in [2.75, 3.05) is 6.54 Å². The topological polar surface area (TPSA) is 68.2 Å². The van der Waals surface area contributed by atoms with Crippen molar-refractivity contribution in [1.29, 1.82) is 0 Å². The molecule has 0 bridgehead atoms.